The molecule has 0 unspecified atom stereocenters. The van der Waals surface area contributed by atoms with Crippen molar-refractivity contribution < 1.29 is 19.1 Å². The zero-order valence-electron chi connectivity index (χ0n) is 23.0. The third-order valence-corrected chi connectivity index (χ3v) is 9.08. The summed E-state index contributed by atoms with van der Waals surface area (Å²) in [5.74, 6) is 1.42. The van der Waals surface area contributed by atoms with Crippen molar-refractivity contribution in [1.29, 1.82) is 0 Å². The second-order valence-electron chi connectivity index (χ2n) is 11.4. The molecule has 1 aromatic carbocycles. The predicted molar refractivity (Wildman–Crippen MR) is 150 cm³/mol. The van der Waals surface area contributed by atoms with Gasteiger partial charge in [-0.3, -0.25) is 14.5 Å². The van der Waals surface area contributed by atoms with Crippen LogP contribution in [0.1, 0.15) is 74.2 Å². The molecule has 1 fully saturated rings. The summed E-state index contributed by atoms with van der Waals surface area (Å²) in [5.41, 5.74) is 2.41. The minimum absolute atomic E-state index is 0.0594. The molecular formula is C29H41N3O4S. The SMILES string of the molecule is COc1ccc(NC(=O)c2c(NC(=O)CN3CCCC[C@H]3C)sc3c2CC[C@H](C(C)(C)C)C3)c(OC)c1. The minimum atomic E-state index is -0.225. The Morgan fingerprint density at radius 3 is 2.57 bits per heavy atom. The van der Waals surface area contributed by atoms with E-state index in [1.165, 1.54) is 11.3 Å². The summed E-state index contributed by atoms with van der Waals surface area (Å²) in [6.07, 6.45) is 6.23. The maximum Gasteiger partial charge on any atom is 0.259 e. The van der Waals surface area contributed by atoms with Gasteiger partial charge >= 0.3 is 0 Å². The lowest BCUT2D eigenvalue weighted by atomic mass is 9.72. The summed E-state index contributed by atoms with van der Waals surface area (Å²) in [5, 5.41) is 6.81. The monoisotopic (exact) mass is 527 g/mol. The normalized spacial score (nSPS) is 20.2. The van der Waals surface area contributed by atoms with Gasteiger partial charge in [-0.25, -0.2) is 0 Å². The van der Waals surface area contributed by atoms with Crippen molar-refractivity contribution in [2.45, 2.75) is 72.3 Å². The Hall–Kier alpha value is -2.58. The van der Waals surface area contributed by atoms with Crippen LogP contribution in [-0.4, -0.2) is 50.1 Å². The van der Waals surface area contributed by atoms with Gasteiger partial charge in [-0.1, -0.05) is 27.2 Å². The third-order valence-electron chi connectivity index (χ3n) is 7.91. The number of likely N-dealkylation sites (tertiary alicyclic amines) is 1. The highest BCUT2D eigenvalue weighted by molar-refractivity contribution is 7.17. The average Bonchev–Trinajstić information content (AvgIpc) is 3.22. The topological polar surface area (TPSA) is 79.9 Å². The van der Waals surface area contributed by atoms with Crippen LogP contribution in [0, 0.1) is 11.3 Å². The molecule has 1 aromatic heterocycles. The van der Waals surface area contributed by atoms with Crippen molar-refractivity contribution in [3.63, 3.8) is 0 Å². The fraction of sp³-hybridized carbons (Fsp3) is 0.586. The molecule has 2 aliphatic rings. The standard InChI is InChI=1S/C29H41N3O4S/c1-18-9-7-8-14-32(18)17-25(33)31-28-26(21-12-10-19(29(2,3)4)15-24(21)37-28)27(34)30-22-13-11-20(35-5)16-23(22)36-6/h11,13,16,18-19H,7-10,12,14-15,17H2,1-6H3,(H,30,34)(H,31,33)/t18-,19+/m1/s1. The van der Waals surface area contributed by atoms with E-state index in [0.717, 1.165) is 44.2 Å². The number of hydrogen-bond acceptors (Lipinski definition) is 6. The Morgan fingerprint density at radius 2 is 1.89 bits per heavy atom. The van der Waals surface area contributed by atoms with E-state index < -0.39 is 0 Å². The summed E-state index contributed by atoms with van der Waals surface area (Å²) < 4.78 is 10.8. The van der Waals surface area contributed by atoms with Crippen molar-refractivity contribution in [2.24, 2.45) is 11.3 Å². The van der Waals surface area contributed by atoms with Crippen LogP contribution < -0.4 is 20.1 Å². The number of ether oxygens (including phenoxy) is 2. The summed E-state index contributed by atoms with van der Waals surface area (Å²) in [7, 11) is 3.16. The molecule has 0 radical (unpaired) electrons. The van der Waals surface area contributed by atoms with Crippen LogP contribution in [0.15, 0.2) is 18.2 Å². The van der Waals surface area contributed by atoms with Crippen molar-refractivity contribution >= 4 is 33.8 Å². The van der Waals surface area contributed by atoms with Gasteiger partial charge in [-0.05, 0) is 74.6 Å². The maximum absolute atomic E-state index is 13.7. The first kappa shape index (κ1) is 27.5. The number of carbonyl (C=O) groups is 2. The Labute approximate surface area is 224 Å². The lowest BCUT2D eigenvalue weighted by molar-refractivity contribution is -0.118. The number of carbonyl (C=O) groups excluding carboxylic acids is 2. The molecule has 2 heterocycles. The number of nitrogens with one attached hydrogen (secondary N) is 2. The zero-order valence-corrected chi connectivity index (χ0v) is 23.8. The number of amides is 2. The van der Waals surface area contributed by atoms with Crippen molar-refractivity contribution in [2.75, 3.05) is 37.9 Å². The lowest BCUT2D eigenvalue weighted by Gasteiger charge is -2.33. The van der Waals surface area contributed by atoms with Crippen molar-refractivity contribution in [3.05, 3.63) is 34.2 Å². The van der Waals surface area contributed by atoms with E-state index in [0.29, 0.717) is 46.3 Å². The molecule has 1 aliphatic carbocycles. The molecule has 37 heavy (non-hydrogen) atoms. The molecule has 0 saturated carbocycles. The van der Waals surface area contributed by atoms with E-state index in [2.05, 4.69) is 43.2 Å². The number of anilines is 2. The van der Waals surface area contributed by atoms with E-state index in [4.69, 9.17) is 9.47 Å². The van der Waals surface area contributed by atoms with E-state index in [9.17, 15) is 9.59 Å². The number of hydrogen-bond donors (Lipinski definition) is 2. The molecule has 0 spiro atoms. The van der Waals surface area contributed by atoms with Crippen LogP contribution in [-0.2, 0) is 17.6 Å². The Balaban J connectivity index is 1.62. The fourth-order valence-corrected chi connectivity index (χ4v) is 6.82. The van der Waals surface area contributed by atoms with Crippen LogP contribution >= 0.6 is 11.3 Å². The quantitative estimate of drug-likeness (QED) is 0.463. The van der Waals surface area contributed by atoms with Crippen LogP contribution in [0.3, 0.4) is 0 Å². The Morgan fingerprint density at radius 1 is 1.11 bits per heavy atom. The number of fused-ring (bicyclic) bond motifs is 1. The van der Waals surface area contributed by atoms with Gasteiger partial charge in [0.05, 0.1) is 32.0 Å². The molecule has 0 bridgehead atoms. The van der Waals surface area contributed by atoms with E-state index in [1.807, 2.05) is 0 Å². The van der Waals surface area contributed by atoms with Crippen LogP contribution in [0.25, 0.3) is 0 Å². The number of methoxy groups -OCH3 is 2. The average molecular weight is 528 g/mol. The predicted octanol–water partition coefficient (Wildman–Crippen LogP) is 5.98. The van der Waals surface area contributed by atoms with E-state index >= 15 is 0 Å². The van der Waals surface area contributed by atoms with Gasteiger partial charge in [0.2, 0.25) is 5.91 Å². The second kappa shape index (κ2) is 11.4. The lowest BCUT2D eigenvalue weighted by Crippen LogP contribution is -2.42. The maximum atomic E-state index is 13.7. The van der Waals surface area contributed by atoms with Gasteiger partial charge in [0.25, 0.3) is 5.91 Å². The highest BCUT2D eigenvalue weighted by atomic mass is 32.1. The number of nitrogens with zero attached hydrogens (tertiary/aromatic N) is 1. The number of rotatable bonds is 7. The largest absolute Gasteiger partial charge is 0.497 e. The molecule has 1 aliphatic heterocycles. The van der Waals surface area contributed by atoms with Crippen LogP contribution in [0.4, 0.5) is 10.7 Å². The summed E-state index contributed by atoms with van der Waals surface area (Å²) in [6.45, 7) is 10.3. The summed E-state index contributed by atoms with van der Waals surface area (Å²) >= 11 is 1.57. The van der Waals surface area contributed by atoms with E-state index in [-0.39, 0.29) is 17.2 Å². The second-order valence-corrected chi connectivity index (χ2v) is 12.5. The van der Waals surface area contributed by atoms with Crippen molar-refractivity contribution in [1.82, 2.24) is 4.90 Å². The minimum Gasteiger partial charge on any atom is -0.497 e. The molecule has 8 heteroatoms. The first-order valence-corrected chi connectivity index (χ1v) is 14.1. The smallest absolute Gasteiger partial charge is 0.259 e. The van der Waals surface area contributed by atoms with Gasteiger partial charge in [0.15, 0.2) is 0 Å². The van der Waals surface area contributed by atoms with Crippen LogP contribution in [0.2, 0.25) is 0 Å². The molecule has 7 nitrogen and oxygen atoms in total. The fourth-order valence-electron chi connectivity index (χ4n) is 5.48. The molecule has 2 N–H and O–H groups in total. The summed E-state index contributed by atoms with van der Waals surface area (Å²) in [6, 6.07) is 5.71. The van der Waals surface area contributed by atoms with Crippen LogP contribution in [0.5, 0.6) is 11.5 Å². The van der Waals surface area contributed by atoms with Crippen molar-refractivity contribution in [3.8, 4) is 11.5 Å². The Kier molecular flexibility index (Phi) is 8.49. The molecule has 1 saturated heterocycles. The molecule has 2 amide bonds. The molecule has 2 atom stereocenters. The number of thiophene rings is 1. The zero-order chi connectivity index (χ0) is 26.7. The number of benzene rings is 1. The van der Waals surface area contributed by atoms with Gasteiger partial charge in [0.1, 0.15) is 16.5 Å². The van der Waals surface area contributed by atoms with Gasteiger partial charge < -0.3 is 20.1 Å². The first-order chi connectivity index (χ1) is 17.6. The highest BCUT2D eigenvalue weighted by Crippen LogP contribution is 2.44. The highest BCUT2D eigenvalue weighted by Gasteiger charge is 2.34. The third kappa shape index (κ3) is 6.29. The molecule has 202 valence electrons. The molecular weight excluding hydrogens is 486 g/mol. The van der Waals surface area contributed by atoms with Gasteiger partial charge in [0, 0.05) is 17.0 Å². The van der Waals surface area contributed by atoms with Gasteiger partial charge in [-0.2, -0.15) is 0 Å². The summed E-state index contributed by atoms with van der Waals surface area (Å²) in [4.78, 5) is 30.3. The Bertz CT molecular complexity index is 1140. The van der Waals surface area contributed by atoms with E-state index in [1.54, 1.807) is 43.8 Å². The molecule has 2 aromatic rings. The van der Waals surface area contributed by atoms with Gasteiger partial charge in [-0.15, -0.1) is 11.3 Å². The molecule has 4 rings (SSSR count). The number of piperidine rings is 1. The first-order valence-electron chi connectivity index (χ1n) is 13.3.